The highest BCUT2D eigenvalue weighted by Gasteiger charge is 2.42. The molecule has 0 bridgehead atoms. The molecule has 1 spiro atoms. The molecule has 2 aromatic carbocycles. The fourth-order valence-corrected chi connectivity index (χ4v) is 4.20. The van der Waals surface area contributed by atoms with E-state index >= 15 is 0 Å². The summed E-state index contributed by atoms with van der Waals surface area (Å²) in [6.07, 6.45) is 4.91. The topological polar surface area (TPSA) is 55.8 Å². The molecule has 1 aliphatic carbocycles. The quantitative estimate of drug-likeness (QED) is 0.772. The van der Waals surface area contributed by atoms with E-state index in [-0.39, 0.29) is 30.9 Å². The average molecular weight is 388 g/mol. The Kier molecular flexibility index (Phi) is 4.96. The van der Waals surface area contributed by atoms with Gasteiger partial charge in [0, 0.05) is 30.0 Å². The Morgan fingerprint density at radius 1 is 1.14 bits per heavy atom. The molecular weight excluding hydrogens is 366 g/mol. The van der Waals surface area contributed by atoms with Crippen LogP contribution in [0.5, 0.6) is 11.5 Å². The van der Waals surface area contributed by atoms with E-state index in [0.29, 0.717) is 22.6 Å². The summed E-state index contributed by atoms with van der Waals surface area (Å²) in [6, 6.07) is 7.29. The number of fused-ring (bicyclic) bond motifs is 1. The predicted molar refractivity (Wildman–Crippen MR) is 98.6 cm³/mol. The summed E-state index contributed by atoms with van der Waals surface area (Å²) >= 11 is 0. The zero-order valence-corrected chi connectivity index (χ0v) is 15.5. The number of hydrogen-bond acceptors (Lipinski definition) is 3. The molecule has 0 saturated heterocycles. The molecule has 4 nitrogen and oxygen atoms in total. The third kappa shape index (κ3) is 3.81. The van der Waals surface area contributed by atoms with Gasteiger partial charge in [-0.25, -0.2) is 8.78 Å². The molecule has 0 aromatic heterocycles. The van der Waals surface area contributed by atoms with Crippen LogP contribution in [0.25, 0.3) is 0 Å². The number of ether oxygens (including phenoxy) is 2. The van der Waals surface area contributed by atoms with Crippen molar-refractivity contribution >= 4 is 5.97 Å². The van der Waals surface area contributed by atoms with Crippen molar-refractivity contribution < 1.29 is 28.2 Å². The van der Waals surface area contributed by atoms with Gasteiger partial charge in [-0.05, 0) is 55.9 Å². The summed E-state index contributed by atoms with van der Waals surface area (Å²) in [6.45, 7) is 0.0735. The molecule has 1 N–H and O–H groups in total. The molecule has 0 radical (unpaired) electrons. The Labute approximate surface area is 162 Å². The lowest BCUT2D eigenvalue weighted by Crippen LogP contribution is -2.30. The first-order valence-electron chi connectivity index (χ1n) is 9.57. The van der Waals surface area contributed by atoms with Crippen molar-refractivity contribution in [2.24, 2.45) is 0 Å². The molecule has 1 saturated carbocycles. The molecule has 0 unspecified atom stereocenters. The Morgan fingerprint density at radius 2 is 1.93 bits per heavy atom. The van der Waals surface area contributed by atoms with Crippen LogP contribution >= 0.6 is 0 Å². The van der Waals surface area contributed by atoms with Gasteiger partial charge in [0.2, 0.25) is 0 Å². The summed E-state index contributed by atoms with van der Waals surface area (Å²) in [5.41, 5.74) is 1.61. The fraction of sp³-hybridized carbons (Fsp3) is 0.409. The third-order valence-corrected chi connectivity index (χ3v) is 5.58. The highest BCUT2D eigenvalue weighted by atomic mass is 19.1. The maximum Gasteiger partial charge on any atom is 0.303 e. The number of carbonyl (C=O) groups is 1. The van der Waals surface area contributed by atoms with Crippen LogP contribution in [0.3, 0.4) is 0 Å². The zero-order valence-electron chi connectivity index (χ0n) is 15.5. The molecule has 0 atom stereocenters. The Bertz CT molecular complexity index is 904. The maximum atomic E-state index is 14.2. The van der Waals surface area contributed by atoms with Crippen LogP contribution in [-0.4, -0.2) is 16.7 Å². The summed E-state index contributed by atoms with van der Waals surface area (Å²) < 4.78 is 40.2. The molecule has 1 fully saturated rings. The van der Waals surface area contributed by atoms with Crippen LogP contribution in [-0.2, 0) is 24.2 Å². The second-order valence-corrected chi connectivity index (χ2v) is 7.66. The van der Waals surface area contributed by atoms with Gasteiger partial charge in [0.05, 0.1) is 0 Å². The summed E-state index contributed by atoms with van der Waals surface area (Å²) in [4.78, 5) is 10.6. The molecule has 0 amide bonds. The summed E-state index contributed by atoms with van der Waals surface area (Å²) in [5.74, 6) is -0.805. The number of rotatable bonds is 6. The van der Waals surface area contributed by atoms with Gasteiger partial charge in [0.25, 0.3) is 0 Å². The van der Waals surface area contributed by atoms with Crippen LogP contribution < -0.4 is 9.47 Å². The van der Waals surface area contributed by atoms with Crippen molar-refractivity contribution in [2.75, 3.05) is 0 Å². The minimum absolute atomic E-state index is 0.0735. The lowest BCUT2D eigenvalue weighted by molar-refractivity contribution is -0.136. The Morgan fingerprint density at radius 3 is 2.64 bits per heavy atom. The molecule has 1 aliphatic heterocycles. The van der Waals surface area contributed by atoms with Crippen molar-refractivity contribution in [3.05, 3.63) is 58.7 Å². The average Bonchev–Trinajstić information content (AvgIpc) is 3.25. The first kappa shape index (κ1) is 18.7. The van der Waals surface area contributed by atoms with Gasteiger partial charge in [0.1, 0.15) is 35.3 Å². The highest BCUT2D eigenvalue weighted by Crippen LogP contribution is 2.46. The first-order valence-corrected chi connectivity index (χ1v) is 9.57. The lowest BCUT2D eigenvalue weighted by Gasteiger charge is -2.23. The summed E-state index contributed by atoms with van der Waals surface area (Å²) in [5, 5.41) is 8.72. The lowest BCUT2D eigenvalue weighted by atomic mass is 9.95. The SMILES string of the molecule is O=C(O)CCc1ccc(OCc2cc(F)cc3c2OC2(CCCC2)C3)cc1F. The zero-order chi connectivity index (χ0) is 19.7. The van der Waals surface area contributed by atoms with Gasteiger partial charge in [-0.3, -0.25) is 4.79 Å². The van der Waals surface area contributed by atoms with Gasteiger partial charge in [-0.2, -0.15) is 0 Å². The predicted octanol–water partition coefficient (Wildman–Crippen LogP) is 4.81. The van der Waals surface area contributed by atoms with E-state index in [0.717, 1.165) is 37.7 Å². The fourth-order valence-electron chi connectivity index (χ4n) is 4.20. The van der Waals surface area contributed by atoms with Gasteiger partial charge in [-0.1, -0.05) is 6.07 Å². The van der Waals surface area contributed by atoms with Gasteiger partial charge in [0.15, 0.2) is 0 Å². The van der Waals surface area contributed by atoms with Crippen molar-refractivity contribution in [3.8, 4) is 11.5 Å². The number of hydrogen-bond donors (Lipinski definition) is 1. The van der Waals surface area contributed by atoms with Crippen LogP contribution in [0.2, 0.25) is 0 Å². The maximum absolute atomic E-state index is 14.2. The van der Waals surface area contributed by atoms with Gasteiger partial charge in [-0.15, -0.1) is 0 Å². The van der Waals surface area contributed by atoms with E-state index in [4.69, 9.17) is 14.6 Å². The Balaban J connectivity index is 1.47. The van der Waals surface area contributed by atoms with E-state index in [1.165, 1.54) is 24.3 Å². The van der Waals surface area contributed by atoms with Crippen molar-refractivity contribution in [2.45, 2.75) is 57.2 Å². The molecular formula is C22H22F2O4. The molecule has 2 aliphatic rings. The minimum atomic E-state index is -0.972. The van der Waals surface area contributed by atoms with E-state index in [9.17, 15) is 13.6 Å². The second-order valence-electron chi connectivity index (χ2n) is 7.66. The van der Waals surface area contributed by atoms with E-state index < -0.39 is 11.8 Å². The Hall–Kier alpha value is -2.63. The molecule has 1 heterocycles. The molecule has 6 heteroatoms. The van der Waals surface area contributed by atoms with Crippen molar-refractivity contribution in [1.29, 1.82) is 0 Å². The number of benzene rings is 2. The van der Waals surface area contributed by atoms with Crippen LogP contribution in [0.1, 0.15) is 48.8 Å². The number of halogens is 2. The molecule has 4 rings (SSSR count). The third-order valence-electron chi connectivity index (χ3n) is 5.58. The molecule has 2 aromatic rings. The summed E-state index contributed by atoms with van der Waals surface area (Å²) in [7, 11) is 0. The van der Waals surface area contributed by atoms with Crippen molar-refractivity contribution in [3.63, 3.8) is 0 Å². The smallest absolute Gasteiger partial charge is 0.303 e. The largest absolute Gasteiger partial charge is 0.489 e. The van der Waals surface area contributed by atoms with E-state index in [1.807, 2.05) is 0 Å². The molecule has 28 heavy (non-hydrogen) atoms. The highest BCUT2D eigenvalue weighted by molar-refractivity contribution is 5.67. The van der Waals surface area contributed by atoms with E-state index in [1.54, 1.807) is 6.07 Å². The normalized spacial score (nSPS) is 16.8. The number of carboxylic acids is 1. The van der Waals surface area contributed by atoms with Crippen molar-refractivity contribution in [1.82, 2.24) is 0 Å². The van der Waals surface area contributed by atoms with E-state index in [2.05, 4.69) is 0 Å². The van der Waals surface area contributed by atoms with Crippen LogP contribution in [0.15, 0.2) is 30.3 Å². The van der Waals surface area contributed by atoms with Crippen LogP contribution in [0, 0.1) is 11.6 Å². The molecule has 148 valence electrons. The number of carboxylic acid groups (broad SMARTS) is 1. The number of aliphatic carboxylic acids is 1. The second kappa shape index (κ2) is 7.41. The standard InChI is InChI=1S/C22H22F2O4/c23-17-9-15-12-22(7-1-2-8-22)28-21(15)16(10-17)13-27-18-5-3-14(19(24)11-18)4-6-20(25)26/h3,5,9-11H,1-2,4,6-8,12-13H2,(H,25,26). The first-order chi connectivity index (χ1) is 13.4. The van der Waals surface area contributed by atoms with Crippen LogP contribution in [0.4, 0.5) is 8.78 Å². The van der Waals surface area contributed by atoms with Gasteiger partial charge >= 0.3 is 5.97 Å². The van der Waals surface area contributed by atoms with Gasteiger partial charge < -0.3 is 14.6 Å². The minimum Gasteiger partial charge on any atom is -0.489 e. The number of aryl methyl sites for hydroxylation is 1. The monoisotopic (exact) mass is 388 g/mol.